The minimum absolute atomic E-state index is 0.0963. The number of oxazole rings is 1. The minimum atomic E-state index is -0.510. The molecule has 0 aliphatic rings. The van der Waals surface area contributed by atoms with Crippen LogP contribution in [0.3, 0.4) is 0 Å². The summed E-state index contributed by atoms with van der Waals surface area (Å²) in [6, 6.07) is 11.0. The number of nitrogens with one attached hydrogen (secondary N) is 1. The number of benzene rings is 2. The number of nitrogens with zero attached hydrogens (tertiary/aromatic N) is 1. The standard InChI is InChI=1S/C17H12ClFN2O2/c1-10-2-7-14(13(18)8-10)21-16(22)17-20-9-15(23-17)11-3-5-12(19)6-4-11/h2-9H,1H3,(H,21,22). The van der Waals surface area contributed by atoms with Gasteiger partial charge in [-0.3, -0.25) is 4.79 Å². The lowest BCUT2D eigenvalue weighted by atomic mass is 10.2. The van der Waals surface area contributed by atoms with Gasteiger partial charge in [0.25, 0.3) is 5.89 Å². The van der Waals surface area contributed by atoms with E-state index in [-0.39, 0.29) is 11.7 Å². The van der Waals surface area contributed by atoms with Gasteiger partial charge in [-0.05, 0) is 48.9 Å². The van der Waals surface area contributed by atoms with Gasteiger partial charge in [-0.1, -0.05) is 17.7 Å². The van der Waals surface area contributed by atoms with Crippen molar-refractivity contribution in [3.05, 3.63) is 71.0 Å². The quantitative estimate of drug-likeness (QED) is 0.757. The number of aryl methyl sites for hydroxylation is 1. The van der Waals surface area contributed by atoms with Gasteiger partial charge in [0.1, 0.15) is 5.82 Å². The number of hydrogen-bond donors (Lipinski definition) is 1. The second-order valence-electron chi connectivity index (χ2n) is 4.97. The Morgan fingerprint density at radius 2 is 1.96 bits per heavy atom. The van der Waals surface area contributed by atoms with Crippen LogP contribution in [0.2, 0.25) is 5.02 Å². The largest absolute Gasteiger partial charge is 0.432 e. The number of carbonyl (C=O) groups is 1. The van der Waals surface area contributed by atoms with Crippen LogP contribution in [0.4, 0.5) is 10.1 Å². The topological polar surface area (TPSA) is 55.1 Å². The summed E-state index contributed by atoms with van der Waals surface area (Å²) in [4.78, 5) is 16.1. The van der Waals surface area contributed by atoms with E-state index in [2.05, 4.69) is 10.3 Å². The minimum Gasteiger partial charge on any atom is -0.432 e. The fraction of sp³-hybridized carbons (Fsp3) is 0.0588. The highest BCUT2D eigenvalue weighted by atomic mass is 35.5. The van der Waals surface area contributed by atoms with Gasteiger partial charge in [0.2, 0.25) is 0 Å². The molecule has 3 rings (SSSR count). The first kappa shape index (κ1) is 15.2. The van der Waals surface area contributed by atoms with E-state index in [0.717, 1.165) is 5.56 Å². The van der Waals surface area contributed by atoms with Gasteiger partial charge in [-0.2, -0.15) is 0 Å². The van der Waals surface area contributed by atoms with E-state index in [1.165, 1.54) is 18.3 Å². The molecule has 0 saturated heterocycles. The maximum atomic E-state index is 12.9. The SMILES string of the molecule is Cc1ccc(NC(=O)c2ncc(-c3ccc(F)cc3)o2)c(Cl)c1. The smallest absolute Gasteiger partial charge is 0.311 e. The predicted molar refractivity (Wildman–Crippen MR) is 86.0 cm³/mol. The first-order valence-electron chi connectivity index (χ1n) is 6.82. The Morgan fingerprint density at radius 3 is 2.65 bits per heavy atom. The molecule has 23 heavy (non-hydrogen) atoms. The Kier molecular flexibility index (Phi) is 4.12. The van der Waals surface area contributed by atoms with E-state index in [1.807, 2.05) is 13.0 Å². The molecule has 1 N–H and O–H groups in total. The third kappa shape index (κ3) is 3.40. The third-order valence-electron chi connectivity index (χ3n) is 3.20. The summed E-state index contributed by atoms with van der Waals surface area (Å²) in [5.41, 5.74) is 2.10. The lowest BCUT2D eigenvalue weighted by Crippen LogP contribution is -2.12. The summed E-state index contributed by atoms with van der Waals surface area (Å²) in [6.07, 6.45) is 1.42. The van der Waals surface area contributed by atoms with Crippen LogP contribution in [-0.2, 0) is 0 Å². The van der Waals surface area contributed by atoms with Gasteiger partial charge in [-0.15, -0.1) is 0 Å². The van der Waals surface area contributed by atoms with Crippen LogP contribution in [0.25, 0.3) is 11.3 Å². The van der Waals surface area contributed by atoms with Gasteiger partial charge in [0, 0.05) is 5.56 Å². The van der Waals surface area contributed by atoms with Crippen LogP contribution in [0.15, 0.2) is 53.1 Å². The molecule has 0 saturated carbocycles. The molecule has 116 valence electrons. The average Bonchev–Trinajstić information content (AvgIpc) is 3.01. The van der Waals surface area contributed by atoms with Crippen molar-refractivity contribution in [3.8, 4) is 11.3 Å². The van der Waals surface area contributed by atoms with Gasteiger partial charge in [-0.25, -0.2) is 9.37 Å². The molecule has 4 nitrogen and oxygen atoms in total. The maximum absolute atomic E-state index is 12.9. The third-order valence-corrected chi connectivity index (χ3v) is 3.51. The molecule has 3 aromatic rings. The lowest BCUT2D eigenvalue weighted by Gasteiger charge is -2.05. The van der Waals surface area contributed by atoms with Gasteiger partial charge >= 0.3 is 5.91 Å². The van der Waals surface area contributed by atoms with Crippen LogP contribution >= 0.6 is 11.6 Å². The predicted octanol–water partition coefficient (Wildman–Crippen LogP) is 4.69. The number of rotatable bonds is 3. The van der Waals surface area contributed by atoms with Crippen LogP contribution < -0.4 is 5.32 Å². The number of anilines is 1. The lowest BCUT2D eigenvalue weighted by molar-refractivity contribution is 0.0991. The van der Waals surface area contributed by atoms with E-state index < -0.39 is 5.91 Å². The molecule has 0 fully saturated rings. The number of halogens is 2. The van der Waals surface area contributed by atoms with Gasteiger partial charge in [0.15, 0.2) is 5.76 Å². The molecule has 0 unspecified atom stereocenters. The summed E-state index contributed by atoms with van der Waals surface area (Å²) in [6.45, 7) is 1.90. The molecule has 0 atom stereocenters. The molecular weight excluding hydrogens is 319 g/mol. The summed E-state index contributed by atoms with van der Waals surface area (Å²) >= 11 is 6.08. The molecule has 0 spiro atoms. The number of hydrogen-bond acceptors (Lipinski definition) is 3. The van der Waals surface area contributed by atoms with E-state index >= 15 is 0 Å². The zero-order valence-corrected chi connectivity index (χ0v) is 12.9. The molecule has 2 aromatic carbocycles. The molecule has 1 heterocycles. The molecular formula is C17H12ClFN2O2. The summed E-state index contributed by atoms with van der Waals surface area (Å²) in [5, 5.41) is 3.07. The summed E-state index contributed by atoms with van der Waals surface area (Å²) in [5.74, 6) is -0.574. The Hall–Kier alpha value is -2.66. The van der Waals surface area contributed by atoms with Gasteiger partial charge in [0.05, 0.1) is 16.9 Å². The normalized spacial score (nSPS) is 10.6. The Bertz CT molecular complexity index is 859. The second kappa shape index (κ2) is 6.22. The van der Waals surface area contributed by atoms with Crippen molar-refractivity contribution < 1.29 is 13.6 Å². The Labute approximate surface area is 136 Å². The number of carbonyl (C=O) groups excluding carboxylic acids is 1. The van der Waals surface area contributed by atoms with Crippen molar-refractivity contribution in [3.63, 3.8) is 0 Å². The molecule has 1 amide bonds. The fourth-order valence-electron chi connectivity index (χ4n) is 2.02. The van der Waals surface area contributed by atoms with E-state index in [0.29, 0.717) is 22.0 Å². The molecule has 0 radical (unpaired) electrons. The van der Waals surface area contributed by atoms with Crippen molar-refractivity contribution >= 4 is 23.2 Å². The monoisotopic (exact) mass is 330 g/mol. The molecule has 0 bridgehead atoms. The first-order chi connectivity index (χ1) is 11.0. The number of aromatic nitrogens is 1. The summed E-state index contributed by atoms with van der Waals surface area (Å²) < 4.78 is 18.3. The van der Waals surface area contributed by atoms with Crippen LogP contribution in [-0.4, -0.2) is 10.9 Å². The zero-order valence-electron chi connectivity index (χ0n) is 12.1. The molecule has 6 heteroatoms. The summed E-state index contributed by atoms with van der Waals surface area (Å²) in [7, 11) is 0. The molecule has 1 aromatic heterocycles. The van der Waals surface area contributed by atoms with Crippen LogP contribution in [0, 0.1) is 12.7 Å². The Balaban J connectivity index is 1.79. The Morgan fingerprint density at radius 1 is 1.22 bits per heavy atom. The van der Waals surface area contributed by atoms with Crippen LogP contribution in [0.1, 0.15) is 16.2 Å². The van der Waals surface area contributed by atoms with E-state index in [1.54, 1.807) is 24.3 Å². The first-order valence-corrected chi connectivity index (χ1v) is 7.20. The number of amides is 1. The highest BCUT2D eigenvalue weighted by molar-refractivity contribution is 6.33. The maximum Gasteiger partial charge on any atom is 0.311 e. The van der Waals surface area contributed by atoms with Crippen LogP contribution in [0.5, 0.6) is 0 Å². The second-order valence-corrected chi connectivity index (χ2v) is 5.38. The van der Waals surface area contributed by atoms with E-state index in [9.17, 15) is 9.18 Å². The average molecular weight is 331 g/mol. The highest BCUT2D eigenvalue weighted by Crippen LogP contribution is 2.24. The van der Waals surface area contributed by atoms with Crippen molar-refractivity contribution in [2.24, 2.45) is 0 Å². The molecule has 0 aliphatic heterocycles. The van der Waals surface area contributed by atoms with Crippen molar-refractivity contribution in [2.75, 3.05) is 5.32 Å². The fourth-order valence-corrected chi connectivity index (χ4v) is 2.31. The zero-order chi connectivity index (χ0) is 16.4. The highest BCUT2D eigenvalue weighted by Gasteiger charge is 2.15. The van der Waals surface area contributed by atoms with Crippen molar-refractivity contribution in [2.45, 2.75) is 6.92 Å². The van der Waals surface area contributed by atoms with Crippen molar-refractivity contribution in [1.29, 1.82) is 0 Å². The molecule has 0 aliphatic carbocycles. The van der Waals surface area contributed by atoms with Crippen molar-refractivity contribution in [1.82, 2.24) is 4.98 Å². The van der Waals surface area contributed by atoms with E-state index in [4.69, 9.17) is 16.0 Å². The van der Waals surface area contributed by atoms with Gasteiger partial charge < -0.3 is 9.73 Å².